The Morgan fingerprint density at radius 2 is 1.85 bits per heavy atom. The Kier molecular flexibility index (Phi) is 6.53. The molecule has 1 aliphatic heterocycles. The molecule has 0 radical (unpaired) electrons. The standard InChI is InChI=1S/C20H23ClFN3O2/c1-27-16-7-5-15(6-8-16)25-13-11-24(12-14-25)10-9-23-20(26)19-17(21)3-2-4-18(19)22/h2-8H,9-14H2,1H3,(H,23,26). The molecule has 1 saturated heterocycles. The second-order valence-corrected chi connectivity index (χ2v) is 6.79. The predicted molar refractivity (Wildman–Crippen MR) is 105 cm³/mol. The van der Waals surface area contributed by atoms with Gasteiger partial charge >= 0.3 is 0 Å². The highest BCUT2D eigenvalue weighted by atomic mass is 35.5. The first kappa shape index (κ1) is 19.5. The molecule has 2 aromatic rings. The summed E-state index contributed by atoms with van der Waals surface area (Å²) < 4.78 is 19.0. The van der Waals surface area contributed by atoms with Crippen LogP contribution < -0.4 is 15.0 Å². The highest BCUT2D eigenvalue weighted by Crippen LogP contribution is 2.21. The van der Waals surface area contributed by atoms with Crippen LogP contribution in [-0.2, 0) is 0 Å². The summed E-state index contributed by atoms with van der Waals surface area (Å²) in [5.41, 5.74) is 1.08. The number of methoxy groups -OCH3 is 1. The normalized spacial score (nSPS) is 14.9. The first-order valence-corrected chi connectivity index (χ1v) is 9.30. The molecule has 144 valence electrons. The lowest BCUT2D eigenvalue weighted by atomic mass is 10.2. The largest absolute Gasteiger partial charge is 0.497 e. The van der Waals surface area contributed by atoms with Crippen LogP contribution in [0.5, 0.6) is 5.75 Å². The summed E-state index contributed by atoms with van der Waals surface area (Å²) >= 11 is 5.92. The van der Waals surface area contributed by atoms with Crippen LogP contribution in [0, 0.1) is 5.82 Å². The molecule has 1 N–H and O–H groups in total. The van der Waals surface area contributed by atoms with E-state index >= 15 is 0 Å². The predicted octanol–water partition coefficient (Wildman–Crippen LogP) is 3.04. The van der Waals surface area contributed by atoms with Gasteiger partial charge in [-0.2, -0.15) is 0 Å². The van der Waals surface area contributed by atoms with Crippen molar-refractivity contribution in [3.63, 3.8) is 0 Å². The first-order chi connectivity index (χ1) is 13.1. The molecular formula is C20H23ClFN3O2. The summed E-state index contributed by atoms with van der Waals surface area (Å²) in [6, 6.07) is 12.3. The molecule has 1 heterocycles. The Bertz CT molecular complexity index is 757. The van der Waals surface area contributed by atoms with Gasteiger partial charge in [0.05, 0.1) is 17.7 Å². The van der Waals surface area contributed by atoms with E-state index in [0.717, 1.165) is 31.9 Å². The number of nitrogens with zero attached hydrogens (tertiary/aromatic N) is 2. The number of piperazine rings is 1. The van der Waals surface area contributed by atoms with Gasteiger partial charge in [0, 0.05) is 45.0 Å². The molecule has 1 amide bonds. The molecule has 0 aliphatic carbocycles. The van der Waals surface area contributed by atoms with Crippen molar-refractivity contribution in [1.29, 1.82) is 0 Å². The smallest absolute Gasteiger partial charge is 0.255 e. The van der Waals surface area contributed by atoms with Crippen LogP contribution in [0.2, 0.25) is 5.02 Å². The summed E-state index contributed by atoms with van der Waals surface area (Å²) in [5.74, 6) is -0.230. The summed E-state index contributed by atoms with van der Waals surface area (Å²) in [6.07, 6.45) is 0. The fourth-order valence-corrected chi connectivity index (χ4v) is 3.40. The van der Waals surface area contributed by atoms with Gasteiger partial charge in [-0.1, -0.05) is 17.7 Å². The Morgan fingerprint density at radius 3 is 2.48 bits per heavy atom. The minimum Gasteiger partial charge on any atom is -0.497 e. The van der Waals surface area contributed by atoms with E-state index in [9.17, 15) is 9.18 Å². The fraction of sp³-hybridized carbons (Fsp3) is 0.350. The number of nitrogens with one attached hydrogen (secondary N) is 1. The van der Waals surface area contributed by atoms with Gasteiger partial charge in [0.1, 0.15) is 11.6 Å². The van der Waals surface area contributed by atoms with Crippen LogP contribution in [0.15, 0.2) is 42.5 Å². The van der Waals surface area contributed by atoms with Crippen molar-refractivity contribution in [2.45, 2.75) is 0 Å². The lowest BCUT2D eigenvalue weighted by Crippen LogP contribution is -2.48. The number of hydrogen-bond acceptors (Lipinski definition) is 4. The van der Waals surface area contributed by atoms with E-state index in [0.29, 0.717) is 13.1 Å². The van der Waals surface area contributed by atoms with Crippen LogP contribution in [0.25, 0.3) is 0 Å². The second kappa shape index (κ2) is 9.06. The number of anilines is 1. The zero-order valence-corrected chi connectivity index (χ0v) is 16.0. The van der Waals surface area contributed by atoms with E-state index in [1.54, 1.807) is 7.11 Å². The molecular weight excluding hydrogens is 369 g/mol. The number of halogens is 2. The number of ether oxygens (including phenoxy) is 1. The van der Waals surface area contributed by atoms with Gasteiger partial charge in [0.25, 0.3) is 5.91 Å². The molecule has 5 nitrogen and oxygen atoms in total. The van der Waals surface area contributed by atoms with Crippen molar-refractivity contribution < 1.29 is 13.9 Å². The minimum atomic E-state index is -0.604. The first-order valence-electron chi connectivity index (χ1n) is 8.92. The van der Waals surface area contributed by atoms with Crippen molar-refractivity contribution in [3.05, 3.63) is 58.9 Å². The second-order valence-electron chi connectivity index (χ2n) is 6.38. The highest BCUT2D eigenvalue weighted by molar-refractivity contribution is 6.33. The van der Waals surface area contributed by atoms with Gasteiger partial charge in [-0.3, -0.25) is 9.69 Å². The highest BCUT2D eigenvalue weighted by Gasteiger charge is 2.18. The van der Waals surface area contributed by atoms with Crippen molar-refractivity contribution in [2.24, 2.45) is 0 Å². The third kappa shape index (κ3) is 4.90. The Labute approximate surface area is 163 Å². The average molecular weight is 392 g/mol. The Morgan fingerprint density at radius 1 is 1.15 bits per heavy atom. The third-order valence-corrected chi connectivity index (χ3v) is 5.03. The number of carbonyl (C=O) groups excluding carboxylic acids is 1. The van der Waals surface area contributed by atoms with Crippen LogP contribution in [0.1, 0.15) is 10.4 Å². The summed E-state index contributed by atoms with van der Waals surface area (Å²) in [4.78, 5) is 16.8. The monoisotopic (exact) mass is 391 g/mol. The van der Waals surface area contributed by atoms with E-state index in [2.05, 4.69) is 27.2 Å². The van der Waals surface area contributed by atoms with E-state index in [4.69, 9.17) is 16.3 Å². The van der Waals surface area contributed by atoms with Gasteiger partial charge in [0.2, 0.25) is 0 Å². The molecule has 0 unspecified atom stereocenters. The molecule has 0 spiro atoms. The number of rotatable bonds is 6. The summed E-state index contributed by atoms with van der Waals surface area (Å²) in [5, 5.41) is 2.88. The Balaban J connectivity index is 1.43. The molecule has 0 saturated carbocycles. The summed E-state index contributed by atoms with van der Waals surface area (Å²) in [7, 11) is 1.66. The van der Waals surface area contributed by atoms with E-state index in [-0.39, 0.29) is 10.6 Å². The number of amides is 1. The molecule has 7 heteroatoms. The molecule has 2 aromatic carbocycles. The van der Waals surface area contributed by atoms with Crippen LogP contribution >= 0.6 is 11.6 Å². The number of hydrogen-bond donors (Lipinski definition) is 1. The zero-order chi connectivity index (χ0) is 19.2. The number of carbonyl (C=O) groups is 1. The molecule has 27 heavy (non-hydrogen) atoms. The van der Waals surface area contributed by atoms with Crippen molar-refractivity contribution in [2.75, 3.05) is 51.3 Å². The van der Waals surface area contributed by atoms with Crippen LogP contribution in [0.3, 0.4) is 0 Å². The van der Waals surface area contributed by atoms with Gasteiger partial charge in [-0.05, 0) is 36.4 Å². The zero-order valence-electron chi connectivity index (χ0n) is 15.3. The quantitative estimate of drug-likeness (QED) is 0.822. The number of benzene rings is 2. The van der Waals surface area contributed by atoms with Crippen LogP contribution in [-0.4, -0.2) is 57.2 Å². The van der Waals surface area contributed by atoms with Crippen LogP contribution in [0.4, 0.5) is 10.1 Å². The maximum absolute atomic E-state index is 13.8. The molecule has 1 aliphatic rings. The third-order valence-electron chi connectivity index (χ3n) is 4.71. The van der Waals surface area contributed by atoms with Gasteiger partial charge in [0.15, 0.2) is 0 Å². The van der Waals surface area contributed by atoms with E-state index in [1.807, 2.05) is 12.1 Å². The molecule has 0 bridgehead atoms. The van der Waals surface area contributed by atoms with Crippen molar-refractivity contribution >= 4 is 23.2 Å². The maximum atomic E-state index is 13.8. The average Bonchev–Trinajstić information content (AvgIpc) is 2.68. The molecule has 0 atom stereocenters. The minimum absolute atomic E-state index is 0.0940. The van der Waals surface area contributed by atoms with Crippen molar-refractivity contribution in [3.8, 4) is 5.75 Å². The molecule has 0 aromatic heterocycles. The van der Waals surface area contributed by atoms with Gasteiger partial charge in [-0.15, -0.1) is 0 Å². The topological polar surface area (TPSA) is 44.8 Å². The maximum Gasteiger partial charge on any atom is 0.255 e. The molecule has 1 fully saturated rings. The van der Waals surface area contributed by atoms with Crippen molar-refractivity contribution in [1.82, 2.24) is 10.2 Å². The van der Waals surface area contributed by atoms with E-state index < -0.39 is 11.7 Å². The van der Waals surface area contributed by atoms with Gasteiger partial charge in [-0.25, -0.2) is 4.39 Å². The van der Waals surface area contributed by atoms with E-state index in [1.165, 1.54) is 23.9 Å². The Hall–Kier alpha value is -2.31. The fourth-order valence-electron chi connectivity index (χ4n) is 3.15. The molecule has 3 rings (SSSR count). The summed E-state index contributed by atoms with van der Waals surface area (Å²) in [6.45, 7) is 4.81. The lowest BCUT2D eigenvalue weighted by Gasteiger charge is -2.36. The lowest BCUT2D eigenvalue weighted by molar-refractivity contribution is 0.0944. The van der Waals surface area contributed by atoms with Gasteiger partial charge < -0.3 is 15.0 Å². The SMILES string of the molecule is COc1ccc(N2CCN(CCNC(=O)c3c(F)cccc3Cl)CC2)cc1.